The first-order valence-corrected chi connectivity index (χ1v) is 13.3. The van der Waals surface area contributed by atoms with Crippen molar-refractivity contribution in [3.8, 4) is 5.75 Å². The van der Waals surface area contributed by atoms with Crippen LogP contribution in [-0.2, 0) is 27.3 Å². The number of carboxylic acid groups (broad SMARTS) is 3. The number of benzene rings is 2. The number of ether oxygens (including phenoxy) is 1. The predicted molar refractivity (Wildman–Crippen MR) is 150 cm³/mol. The van der Waals surface area contributed by atoms with Gasteiger partial charge in [0.05, 0.1) is 35.9 Å². The number of hydrogen-bond acceptors (Lipinski definition) is 9. The molecule has 2 aromatic carbocycles. The van der Waals surface area contributed by atoms with E-state index in [0.717, 1.165) is 48.8 Å². The van der Waals surface area contributed by atoms with Crippen LogP contribution in [0.1, 0.15) is 43.5 Å². The summed E-state index contributed by atoms with van der Waals surface area (Å²) in [5.74, 6) is -3.26. The summed E-state index contributed by atoms with van der Waals surface area (Å²) in [5.41, 5.74) is 0.110. The molecule has 0 unspecified atom stereocenters. The number of piperidine rings is 1. The van der Waals surface area contributed by atoms with E-state index in [4.69, 9.17) is 30.1 Å². The molecule has 42 heavy (non-hydrogen) atoms. The van der Waals surface area contributed by atoms with Crippen LogP contribution in [0.15, 0.2) is 42.5 Å². The molecule has 1 fully saturated rings. The zero-order valence-corrected chi connectivity index (χ0v) is 23.1. The number of likely N-dealkylation sites (tertiary alicyclic amines) is 1. The average Bonchev–Trinajstić information content (AvgIpc) is 3.28. The largest absolute Gasteiger partial charge is 0.497 e. The van der Waals surface area contributed by atoms with Gasteiger partial charge in [0, 0.05) is 31.6 Å². The molecule has 1 aromatic heterocycles. The number of fused-ring (bicyclic) bond motifs is 1. The molecule has 3 aromatic rings. The highest BCUT2D eigenvalue weighted by atomic mass is 16.6. The number of aromatic nitrogens is 2. The Morgan fingerprint density at radius 1 is 0.976 bits per heavy atom. The van der Waals surface area contributed by atoms with Crippen LogP contribution in [0.4, 0.5) is 5.69 Å². The molecule has 14 heteroatoms. The topological polar surface area (TPSA) is 206 Å². The Labute approximate surface area is 240 Å². The lowest BCUT2D eigenvalue weighted by Gasteiger charge is -2.26. The summed E-state index contributed by atoms with van der Waals surface area (Å²) in [5, 5.41) is 45.0. The summed E-state index contributed by atoms with van der Waals surface area (Å²) in [7, 11) is 1.65. The molecule has 2 heterocycles. The summed E-state index contributed by atoms with van der Waals surface area (Å²) in [6, 6.07) is 12.9. The van der Waals surface area contributed by atoms with Crippen LogP contribution in [-0.4, -0.2) is 90.1 Å². The van der Waals surface area contributed by atoms with E-state index in [2.05, 4.69) is 9.47 Å². The summed E-state index contributed by atoms with van der Waals surface area (Å²) < 4.78 is 7.46. The lowest BCUT2D eigenvalue weighted by Crippen LogP contribution is -2.42. The number of carboxylic acids is 3. The van der Waals surface area contributed by atoms with E-state index in [-0.39, 0.29) is 10.6 Å². The molecular weight excluding hydrogens is 552 g/mol. The number of rotatable bonds is 12. The Morgan fingerprint density at radius 2 is 1.60 bits per heavy atom. The van der Waals surface area contributed by atoms with Crippen molar-refractivity contribution in [3.63, 3.8) is 0 Å². The monoisotopic (exact) mass is 586 g/mol. The number of methoxy groups -OCH3 is 1. The summed E-state index contributed by atoms with van der Waals surface area (Å²) in [6.07, 6.45) is 2.22. The van der Waals surface area contributed by atoms with E-state index in [9.17, 15) is 24.5 Å². The van der Waals surface area contributed by atoms with Crippen LogP contribution in [0, 0.1) is 10.1 Å². The normalized spacial score (nSPS) is 13.7. The maximum Gasteiger partial charge on any atom is 0.336 e. The van der Waals surface area contributed by atoms with Gasteiger partial charge in [0.1, 0.15) is 11.6 Å². The van der Waals surface area contributed by atoms with E-state index in [0.29, 0.717) is 11.9 Å². The Kier molecular flexibility index (Phi) is 10.9. The first-order valence-electron chi connectivity index (χ1n) is 13.3. The summed E-state index contributed by atoms with van der Waals surface area (Å²) >= 11 is 0. The molecule has 0 radical (unpaired) electrons. The van der Waals surface area contributed by atoms with E-state index in [1.165, 1.54) is 19.3 Å². The SMILES string of the molecule is COc1ccc(Cc2nc3cc([N+](=O)[O-])ccc3n2CCN2CCCCC2)cc1.O=C(O)CC(O)(CC(=O)O)C(=O)O. The highest BCUT2D eigenvalue weighted by Crippen LogP contribution is 2.24. The van der Waals surface area contributed by atoms with E-state index >= 15 is 0 Å². The molecule has 0 amide bonds. The summed E-state index contributed by atoms with van der Waals surface area (Å²) in [4.78, 5) is 48.6. The first-order chi connectivity index (χ1) is 19.9. The van der Waals surface area contributed by atoms with E-state index in [1.807, 2.05) is 30.3 Å². The van der Waals surface area contributed by atoms with Crippen molar-refractivity contribution >= 4 is 34.6 Å². The standard InChI is InChI=1S/C22H26N4O3.C6H8O7/c1-29-19-8-5-17(6-9-19)15-22-23-20-16-18(26(27)28)7-10-21(20)25(22)14-13-24-11-3-2-4-12-24;7-3(8)1-6(13,5(11)12)2-4(9)10/h5-10,16H,2-4,11-15H2,1H3;13H,1-2H2,(H,7,8)(H,9,10)(H,11,12). The van der Waals surface area contributed by atoms with Crippen molar-refractivity contribution in [3.05, 3.63) is 64.0 Å². The Hall–Kier alpha value is -4.56. The Balaban J connectivity index is 0.000000316. The van der Waals surface area contributed by atoms with Crippen LogP contribution in [0.3, 0.4) is 0 Å². The number of hydrogen-bond donors (Lipinski definition) is 4. The van der Waals surface area contributed by atoms with E-state index < -0.39 is 36.4 Å². The van der Waals surface area contributed by atoms with Gasteiger partial charge >= 0.3 is 17.9 Å². The van der Waals surface area contributed by atoms with Crippen molar-refractivity contribution in [2.45, 2.75) is 50.7 Å². The third-order valence-corrected chi connectivity index (χ3v) is 6.92. The van der Waals surface area contributed by atoms with Gasteiger partial charge in [0.15, 0.2) is 5.60 Å². The molecule has 1 aliphatic rings. The van der Waals surface area contributed by atoms with Crippen molar-refractivity contribution in [1.29, 1.82) is 0 Å². The zero-order chi connectivity index (χ0) is 30.9. The number of nitro benzene ring substituents is 1. The minimum Gasteiger partial charge on any atom is -0.497 e. The number of non-ortho nitro benzene ring substituents is 1. The lowest BCUT2D eigenvalue weighted by molar-refractivity contribution is -0.384. The molecule has 1 saturated heterocycles. The number of aliphatic hydroxyl groups is 1. The van der Waals surface area contributed by atoms with Gasteiger partial charge in [-0.1, -0.05) is 18.6 Å². The molecular formula is C28H34N4O10. The maximum atomic E-state index is 11.2. The van der Waals surface area contributed by atoms with Gasteiger partial charge in [-0.2, -0.15) is 0 Å². The van der Waals surface area contributed by atoms with E-state index in [1.54, 1.807) is 19.2 Å². The third-order valence-electron chi connectivity index (χ3n) is 6.92. The fraction of sp³-hybridized carbons (Fsp3) is 0.429. The van der Waals surface area contributed by atoms with Crippen molar-refractivity contribution < 1.29 is 44.5 Å². The Morgan fingerprint density at radius 3 is 2.12 bits per heavy atom. The summed E-state index contributed by atoms with van der Waals surface area (Å²) in [6.45, 7) is 4.09. The minimum atomic E-state index is -2.74. The molecule has 226 valence electrons. The number of nitrogens with zero attached hydrogens (tertiary/aromatic N) is 4. The first kappa shape index (κ1) is 32.0. The molecule has 4 rings (SSSR count). The molecule has 0 bridgehead atoms. The quantitative estimate of drug-likeness (QED) is 0.179. The molecule has 4 N–H and O–H groups in total. The second-order valence-electron chi connectivity index (χ2n) is 10.0. The van der Waals surface area contributed by atoms with Gasteiger partial charge in [0.25, 0.3) is 5.69 Å². The minimum absolute atomic E-state index is 0.0779. The van der Waals surface area contributed by atoms with Gasteiger partial charge in [-0.3, -0.25) is 19.7 Å². The molecule has 0 spiro atoms. The van der Waals surface area contributed by atoms with Crippen molar-refractivity contribution in [2.24, 2.45) is 0 Å². The fourth-order valence-corrected chi connectivity index (χ4v) is 4.73. The number of carbonyl (C=O) groups is 3. The Bertz CT molecular complexity index is 1400. The van der Waals surface area contributed by atoms with Crippen LogP contribution < -0.4 is 4.74 Å². The van der Waals surface area contributed by atoms with Gasteiger partial charge in [-0.25, -0.2) is 9.78 Å². The van der Waals surface area contributed by atoms with Crippen LogP contribution in [0.5, 0.6) is 5.75 Å². The van der Waals surface area contributed by atoms with Crippen molar-refractivity contribution in [2.75, 3.05) is 26.7 Å². The van der Waals surface area contributed by atoms with Gasteiger partial charge in [0.2, 0.25) is 0 Å². The predicted octanol–water partition coefficient (Wildman–Crippen LogP) is 2.78. The average molecular weight is 587 g/mol. The highest BCUT2D eigenvalue weighted by molar-refractivity contribution is 5.88. The molecule has 0 saturated carbocycles. The third kappa shape index (κ3) is 8.72. The number of nitro groups is 1. The lowest BCUT2D eigenvalue weighted by atomic mass is 9.96. The molecule has 14 nitrogen and oxygen atoms in total. The number of imidazole rings is 1. The second-order valence-corrected chi connectivity index (χ2v) is 10.0. The maximum absolute atomic E-state index is 11.2. The fourth-order valence-electron chi connectivity index (χ4n) is 4.73. The van der Waals surface area contributed by atoms with Gasteiger partial charge in [-0.05, 0) is 49.7 Å². The highest BCUT2D eigenvalue weighted by Gasteiger charge is 2.40. The molecule has 1 aliphatic heterocycles. The van der Waals surface area contributed by atoms with Crippen LogP contribution >= 0.6 is 0 Å². The number of aliphatic carboxylic acids is 3. The molecule has 0 atom stereocenters. The van der Waals surface area contributed by atoms with Crippen molar-refractivity contribution in [1.82, 2.24) is 14.5 Å². The van der Waals surface area contributed by atoms with Gasteiger partial charge < -0.3 is 34.6 Å². The van der Waals surface area contributed by atoms with Crippen LogP contribution in [0.2, 0.25) is 0 Å². The van der Waals surface area contributed by atoms with Crippen LogP contribution in [0.25, 0.3) is 11.0 Å². The molecule has 0 aliphatic carbocycles. The van der Waals surface area contributed by atoms with Gasteiger partial charge in [-0.15, -0.1) is 0 Å². The zero-order valence-electron chi connectivity index (χ0n) is 23.1. The smallest absolute Gasteiger partial charge is 0.336 e. The second kappa shape index (κ2) is 14.4.